The Bertz CT molecular complexity index is 1220. The minimum Gasteiger partial charge on any atom is -0.444 e. The van der Waals surface area contributed by atoms with Crippen molar-refractivity contribution in [1.82, 2.24) is 10.2 Å². The van der Waals surface area contributed by atoms with Crippen LogP contribution in [0.1, 0.15) is 81.7 Å². The molecule has 0 aromatic heterocycles. The van der Waals surface area contributed by atoms with Crippen LogP contribution in [-0.4, -0.2) is 46.9 Å². The Hall–Kier alpha value is -3.59. The third-order valence-corrected chi connectivity index (χ3v) is 6.86. The number of aryl methyl sites for hydroxylation is 3. The fraction of sp³-hybridized carbons (Fsp3) is 0.484. The zero-order valence-corrected chi connectivity index (χ0v) is 25.9. The monoisotopic (exact) mass is 586 g/mol. The molecule has 9 nitrogen and oxygen atoms in total. The van der Waals surface area contributed by atoms with Crippen LogP contribution in [0.3, 0.4) is 0 Å². The van der Waals surface area contributed by atoms with Gasteiger partial charge in [-0.05, 0) is 82.7 Å². The lowest BCUT2D eigenvalue weighted by atomic mass is 9.93. The van der Waals surface area contributed by atoms with Gasteiger partial charge in [0.2, 0.25) is 11.8 Å². The molecule has 0 aliphatic carbocycles. The fourth-order valence-corrected chi connectivity index (χ4v) is 4.83. The summed E-state index contributed by atoms with van der Waals surface area (Å²) in [6, 6.07) is 8.75. The van der Waals surface area contributed by atoms with Crippen molar-refractivity contribution in [2.45, 2.75) is 91.8 Å². The van der Waals surface area contributed by atoms with Gasteiger partial charge in [-0.3, -0.25) is 14.4 Å². The van der Waals surface area contributed by atoms with Crippen molar-refractivity contribution < 1.29 is 23.9 Å². The Morgan fingerprint density at radius 1 is 1.00 bits per heavy atom. The molecular formula is C31H43ClN4O5. The maximum absolute atomic E-state index is 14.3. The highest BCUT2D eigenvalue weighted by molar-refractivity contribution is 6.34. The highest BCUT2D eigenvalue weighted by atomic mass is 35.5. The van der Waals surface area contributed by atoms with E-state index in [0.29, 0.717) is 22.7 Å². The van der Waals surface area contributed by atoms with Gasteiger partial charge >= 0.3 is 6.09 Å². The number of ether oxygens (including phenoxy) is 1. The van der Waals surface area contributed by atoms with Crippen molar-refractivity contribution in [3.05, 3.63) is 63.7 Å². The molecule has 0 saturated heterocycles. The largest absolute Gasteiger partial charge is 0.444 e. The highest BCUT2D eigenvalue weighted by Crippen LogP contribution is 2.32. The smallest absolute Gasteiger partial charge is 0.408 e. The summed E-state index contributed by atoms with van der Waals surface area (Å²) in [5, 5.41) is 5.94. The number of hydrogen-bond acceptors (Lipinski definition) is 5. The number of carbonyl (C=O) groups is 4. The zero-order valence-electron chi connectivity index (χ0n) is 25.1. The number of anilines is 1. The molecule has 41 heavy (non-hydrogen) atoms. The van der Waals surface area contributed by atoms with Crippen molar-refractivity contribution >= 4 is 41.1 Å². The third kappa shape index (κ3) is 9.78. The molecule has 10 heteroatoms. The van der Waals surface area contributed by atoms with E-state index in [-0.39, 0.29) is 19.4 Å². The summed E-state index contributed by atoms with van der Waals surface area (Å²) < 4.78 is 5.39. The molecule has 0 saturated carbocycles. The zero-order chi connectivity index (χ0) is 30.9. The summed E-state index contributed by atoms with van der Waals surface area (Å²) in [6.07, 6.45) is 0.337. The van der Waals surface area contributed by atoms with E-state index in [1.807, 2.05) is 52.0 Å². The molecule has 0 aliphatic heterocycles. The van der Waals surface area contributed by atoms with E-state index < -0.39 is 41.5 Å². The molecule has 0 bridgehead atoms. The normalized spacial score (nSPS) is 12.7. The number of rotatable bonds is 12. The van der Waals surface area contributed by atoms with E-state index in [0.717, 1.165) is 23.1 Å². The van der Waals surface area contributed by atoms with Crippen LogP contribution in [0.15, 0.2) is 36.4 Å². The Balaban J connectivity index is 2.65. The van der Waals surface area contributed by atoms with E-state index in [9.17, 15) is 19.2 Å². The number of unbranched alkanes of at least 4 members (excludes halogenated alkanes) is 1. The van der Waals surface area contributed by atoms with Gasteiger partial charge in [-0.1, -0.05) is 55.3 Å². The molecule has 4 N–H and O–H groups in total. The molecule has 2 unspecified atom stereocenters. The number of primary amides is 1. The lowest BCUT2D eigenvalue weighted by Gasteiger charge is -2.36. The second-order valence-electron chi connectivity index (χ2n) is 11.2. The number of para-hydroxylation sites is 1. The van der Waals surface area contributed by atoms with Crippen LogP contribution in [0, 0.1) is 20.8 Å². The lowest BCUT2D eigenvalue weighted by Crippen LogP contribution is -2.53. The molecule has 2 rings (SSSR count). The van der Waals surface area contributed by atoms with Crippen molar-refractivity contribution in [3.63, 3.8) is 0 Å². The number of nitrogens with one attached hydrogen (secondary N) is 2. The number of halogens is 1. The summed E-state index contributed by atoms with van der Waals surface area (Å²) in [4.78, 5) is 54.4. The number of nitrogens with two attached hydrogens (primary N) is 1. The van der Waals surface area contributed by atoms with Crippen molar-refractivity contribution in [2.24, 2.45) is 5.73 Å². The van der Waals surface area contributed by atoms with Crippen LogP contribution >= 0.6 is 11.6 Å². The Kier molecular flexibility index (Phi) is 12.2. The van der Waals surface area contributed by atoms with Crippen LogP contribution in [0.5, 0.6) is 0 Å². The molecular weight excluding hydrogens is 544 g/mol. The van der Waals surface area contributed by atoms with E-state index in [1.165, 1.54) is 4.90 Å². The van der Waals surface area contributed by atoms with Gasteiger partial charge < -0.3 is 26.0 Å². The number of hydrogen-bond donors (Lipinski definition) is 3. The van der Waals surface area contributed by atoms with Crippen molar-refractivity contribution in [3.8, 4) is 0 Å². The minimum atomic E-state index is -1.16. The second-order valence-corrected chi connectivity index (χ2v) is 11.6. The van der Waals surface area contributed by atoms with Crippen LogP contribution in [0.4, 0.5) is 10.5 Å². The maximum atomic E-state index is 14.3. The van der Waals surface area contributed by atoms with E-state index in [2.05, 4.69) is 10.6 Å². The van der Waals surface area contributed by atoms with Crippen LogP contribution in [-0.2, 0) is 19.1 Å². The van der Waals surface area contributed by atoms with Gasteiger partial charge in [-0.25, -0.2) is 4.79 Å². The van der Waals surface area contributed by atoms with Gasteiger partial charge in [0.15, 0.2) is 0 Å². The first-order chi connectivity index (χ1) is 19.2. The molecule has 0 aliphatic rings. The predicted molar refractivity (Wildman–Crippen MR) is 162 cm³/mol. The van der Waals surface area contributed by atoms with Crippen LogP contribution in [0.2, 0.25) is 5.02 Å². The molecule has 2 aromatic carbocycles. The van der Waals surface area contributed by atoms with Crippen molar-refractivity contribution in [2.75, 3.05) is 11.9 Å². The quantitative estimate of drug-likeness (QED) is 0.292. The highest BCUT2D eigenvalue weighted by Gasteiger charge is 2.37. The number of carbonyl (C=O) groups excluding carboxylic acids is 4. The summed E-state index contributed by atoms with van der Waals surface area (Å²) in [6.45, 7) is 12.9. The maximum Gasteiger partial charge on any atom is 0.408 e. The topological polar surface area (TPSA) is 131 Å². The van der Waals surface area contributed by atoms with Crippen molar-refractivity contribution in [1.29, 1.82) is 0 Å². The fourth-order valence-electron chi connectivity index (χ4n) is 4.56. The summed E-state index contributed by atoms with van der Waals surface area (Å²) in [7, 11) is 0. The van der Waals surface area contributed by atoms with Gasteiger partial charge in [0.05, 0.1) is 10.7 Å². The summed E-state index contributed by atoms with van der Waals surface area (Å²) in [5.41, 5.74) is 8.13. The van der Waals surface area contributed by atoms with Gasteiger partial charge in [0, 0.05) is 13.0 Å². The summed E-state index contributed by atoms with van der Waals surface area (Å²) >= 11 is 6.44. The van der Waals surface area contributed by atoms with Gasteiger partial charge in [-0.15, -0.1) is 0 Å². The number of amides is 4. The van der Waals surface area contributed by atoms with Crippen LogP contribution < -0.4 is 16.4 Å². The molecule has 2 atom stereocenters. The standard InChI is InChI=1S/C31H43ClN4O5/c1-8-9-18-36(29(39)23(16-17-24(33)37)34-30(40)41-31(5,6)7)27(25-19(2)12-10-13-20(25)3)28(38)35-26-21(4)14-11-15-22(26)32/h10-15,23,27H,8-9,16-18H2,1-7H3,(H2,33,37)(H,34,40)(H,35,38). The Labute approximate surface area is 248 Å². The van der Waals surface area contributed by atoms with E-state index in [4.69, 9.17) is 22.1 Å². The SMILES string of the molecule is CCCCN(C(=O)C(CCC(N)=O)NC(=O)OC(C)(C)C)C(C(=O)Nc1c(C)cccc1Cl)c1c(C)cccc1C. The number of alkyl carbamates (subject to hydrolysis) is 1. The molecule has 0 spiro atoms. The number of nitrogens with zero attached hydrogens (tertiary/aromatic N) is 1. The van der Waals surface area contributed by atoms with E-state index >= 15 is 0 Å². The molecule has 4 amide bonds. The molecule has 0 radical (unpaired) electrons. The summed E-state index contributed by atoms with van der Waals surface area (Å²) in [5.74, 6) is -1.59. The van der Waals surface area contributed by atoms with Gasteiger partial charge in [0.25, 0.3) is 5.91 Å². The minimum absolute atomic E-state index is 0.0548. The van der Waals surface area contributed by atoms with Crippen LogP contribution in [0.25, 0.3) is 0 Å². The van der Waals surface area contributed by atoms with Gasteiger partial charge in [0.1, 0.15) is 17.7 Å². The first-order valence-corrected chi connectivity index (χ1v) is 14.2. The first kappa shape index (κ1) is 33.6. The second kappa shape index (κ2) is 14.9. The molecule has 224 valence electrons. The Morgan fingerprint density at radius 3 is 2.12 bits per heavy atom. The molecule has 0 heterocycles. The lowest BCUT2D eigenvalue weighted by molar-refractivity contribution is -0.141. The molecule has 0 fully saturated rings. The number of benzene rings is 2. The third-order valence-electron chi connectivity index (χ3n) is 6.55. The average molecular weight is 587 g/mol. The average Bonchev–Trinajstić information content (AvgIpc) is 2.86. The molecule has 2 aromatic rings. The predicted octanol–water partition coefficient (Wildman–Crippen LogP) is 5.73. The first-order valence-electron chi connectivity index (χ1n) is 13.9. The van der Waals surface area contributed by atoms with E-state index in [1.54, 1.807) is 32.9 Å². The van der Waals surface area contributed by atoms with Gasteiger partial charge in [-0.2, -0.15) is 0 Å². The Morgan fingerprint density at radius 2 is 1.59 bits per heavy atom.